The quantitative estimate of drug-likeness (QED) is 0.569. The van der Waals surface area contributed by atoms with Crippen LogP contribution in [0.25, 0.3) is 0 Å². The van der Waals surface area contributed by atoms with E-state index in [1.165, 1.54) is 0 Å². The van der Waals surface area contributed by atoms with Crippen LogP contribution in [0.4, 0.5) is 4.79 Å². The van der Waals surface area contributed by atoms with Crippen molar-refractivity contribution < 1.29 is 18.9 Å². The number of carbonyl (C=O) groups excluding carboxylic acids is 1. The molecule has 0 aromatic heterocycles. The fourth-order valence-electron chi connectivity index (χ4n) is 1.31. The summed E-state index contributed by atoms with van der Waals surface area (Å²) >= 11 is 0. The largest absolute Gasteiger partial charge is 0.481 e. The molecular weight excluding hydrogens is 256 g/mol. The highest BCUT2D eigenvalue weighted by molar-refractivity contribution is 7.84. The van der Waals surface area contributed by atoms with Crippen LogP contribution in [0, 0.1) is 0 Å². The van der Waals surface area contributed by atoms with Gasteiger partial charge in [-0.2, -0.15) is 0 Å². The van der Waals surface area contributed by atoms with Gasteiger partial charge in [0.1, 0.15) is 0 Å². The Hall–Kier alpha value is -1.11. The van der Waals surface area contributed by atoms with E-state index in [0.29, 0.717) is 25.1 Å². The van der Waals surface area contributed by atoms with Gasteiger partial charge in [-0.3, -0.25) is 9.00 Å². The van der Waals surface area contributed by atoms with E-state index in [1.54, 1.807) is 20.1 Å². The van der Waals surface area contributed by atoms with Crippen LogP contribution in [0.3, 0.4) is 0 Å². The Bertz CT molecular complexity index is 318. The summed E-state index contributed by atoms with van der Waals surface area (Å²) < 4.78 is 10.8. The molecule has 3 N–H and O–H groups in total. The van der Waals surface area contributed by atoms with Crippen molar-refractivity contribution in [1.29, 1.82) is 0 Å². The molecule has 1 atom stereocenters. The number of rotatable bonds is 8. The van der Waals surface area contributed by atoms with E-state index in [0.717, 1.165) is 0 Å². The molecule has 0 saturated heterocycles. The molecule has 0 saturated carbocycles. The maximum Gasteiger partial charge on any atom is 0.315 e. The summed E-state index contributed by atoms with van der Waals surface area (Å²) in [6, 6.07) is -0.327. The first-order valence-electron chi connectivity index (χ1n) is 5.81. The van der Waals surface area contributed by atoms with Gasteiger partial charge in [-0.15, -0.1) is 0 Å². The SMILES string of the molecule is CS(=O)CCCNC(=O)NC(C)(C)CCC(=O)O. The lowest BCUT2D eigenvalue weighted by Gasteiger charge is -2.25. The molecule has 0 heterocycles. The van der Waals surface area contributed by atoms with Gasteiger partial charge in [-0.25, -0.2) is 4.79 Å². The predicted octanol–water partition coefficient (Wildman–Crippen LogP) is 0.698. The molecule has 0 radical (unpaired) electrons. The van der Waals surface area contributed by atoms with E-state index in [-0.39, 0.29) is 12.5 Å². The van der Waals surface area contributed by atoms with Crippen LogP contribution in [0.2, 0.25) is 0 Å². The van der Waals surface area contributed by atoms with Gasteiger partial charge < -0.3 is 15.7 Å². The first-order valence-corrected chi connectivity index (χ1v) is 7.53. The van der Waals surface area contributed by atoms with E-state index in [4.69, 9.17) is 5.11 Å². The minimum Gasteiger partial charge on any atom is -0.481 e. The number of hydrogen-bond donors (Lipinski definition) is 3. The second-order valence-electron chi connectivity index (χ2n) is 4.79. The van der Waals surface area contributed by atoms with Gasteiger partial charge in [-0.05, 0) is 26.7 Å². The molecule has 0 aliphatic carbocycles. The number of carboxylic acids is 1. The van der Waals surface area contributed by atoms with Gasteiger partial charge in [0.2, 0.25) is 0 Å². The Kier molecular flexibility index (Phi) is 7.58. The fraction of sp³-hybridized carbons (Fsp3) is 0.818. The summed E-state index contributed by atoms with van der Waals surface area (Å²) in [5.74, 6) is -0.321. The topological polar surface area (TPSA) is 95.5 Å². The number of hydrogen-bond acceptors (Lipinski definition) is 3. The molecule has 2 amide bonds. The summed E-state index contributed by atoms with van der Waals surface area (Å²) in [5, 5.41) is 13.9. The number of carboxylic acid groups (broad SMARTS) is 1. The van der Waals surface area contributed by atoms with Gasteiger partial charge in [0.05, 0.1) is 0 Å². The average Bonchev–Trinajstić information content (AvgIpc) is 2.21. The molecule has 7 heteroatoms. The highest BCUT2D eigenvalue weighted by Gasteiger charge is 2.21. The molecule has 0 spiro atoms. The van der Waals surface area contributed by atoms with Crippen molar-refractivity contribution in [3.05, 3.63) is 0 Å². The zero-order chi connectivity index (χ0) is 14.2. The van der Waals surface area contributed by atoms with Crippen LogP contribution in [-0.2, 0) is 15.6 Å². The molecule has 6 nitrogen and oxygen atoms in total. The van der Waals surface area contributed by atoms with Crippen LogP contribution in [0.1, 0.15) is 33.1 Å². The monoisotopic (exact) mass is 278 g/mol. The van der Waals surface area contributed by atoms with Crippen LogP contribution in [-0.4, -0.2) is 45.4 Å². The molecule has 0 bridgehead atoms. The predicted molar refractivity (Wildman–Crippen MR) is 71.0 cm³/mol. The van der Waals surface area contributed by atoms with E-state index in [2.05, 4.69) is 10.6 Å². The molecule has 106 valence electrons. The second-order valence-corrected chi connectivity index (χ2v) is 6.34. The Balaban J connectivity index is 3.84. The Morgan fingerprint density at radius 3 is 2.44 bits per heavy atom. The minimum absolute atomic E-state index is 0.0160. The van der Waals surface area contributed by atoms with Crippen molar-refractivity contribution in [2.45, 2.75) is 38.6 Å². The lowest BCUT2D eigenvalue weighted by atomic mass is 9.99. The molecule has 0 aliphatic heterocycles. The highest BCUT2D eigenvalue weighted by Crippen LogP contribution is 2.10. The Morgan fingerprint density at radius 2 is 1.94 bits per heavy atom. The molecule has 18 heavy (non-hydrogen) atoms. The number of nitrogens with one attached hydrogen (secondary N) is 2. The smallest absolute Gasteiger partial charge is 0.315 e. The first-order chi connectivity index (χ1) is 8.23. The second kappa shape index (κ2) is 8.07. The maximum absolute atomic E-state index is 11.5. The van der Waals surface area contributed by atoms with Crippen molar-refractivity contribution >= 4 is 22.8 Å². The molecular formula is C11H22N2O4S. The van der Waals surface area contributed by atoms with Gasteiger partial charge in [0.15, 0.2) is 0 Å². The minimum atomic E-state index is -0.879. The molecule has 0 aliphatic rings. The average molecular weight is 278 g/mol. The van der Waals surface area contributed by atoms with E-state index in [9.17, 15) is 13.8 Å². The van der Waals surface area contributed by atoms with E-state index >= 15 is 0 Å². The number of amides is 2. The van der Waals surface area contributed by atoms with Crippen LogP contribution in [0.5, 0.6) is 0 Å². The number of carbonyl (C=O) groups is 2. The third-order valence-corrected chi connectivity index (χ3v) is 3.17. The van der Waals surface area contributed by atoms with Crippen molar-refractivity contribution in [3.8, 4) is 0 Å². The summed E-state index contributed by atoms with van der Waals surface area (Å²) in [6.45, 7) is 4.01. The standard InChI is InChI=1S/C11H22N2O4S/c1-11(2,6-5-9(14)15)13-10(16)12-7-4-8-18(3)17/h4-8H2,1-3H3,(H,14,15)(H2,12,13,16). The van der Waals surface area contributed by atoms with Crippen molar-refractivity contribution in [3.63, 3.8) is 0 Å². The first kappa shape index (κ1) is 16.9. The third kappa shape index (κ3) is 10.1. The fourth-order valence-corrected chi connectivity index (χ4v) is 1.86. The summed E-state index contributed by atoms with van der Waals surface area (Å²) in [5.41, 5.74) is -0.559. The molecule has 0 rings (SSSR count). The lowest BCUT2D eigenvalue weighted by Crippen LogP contribution is -2.48. The van der Waals surface area contributed by atoms with Crippen LogP contribution in [0.15, 0.2) is 0 Å². The summed E-state index contributed by atoms with van der Waals surface area (Å²) in [7, 11) is -0.845. The van der Waals surface area contributed by atoms with Gasteiger partial charge in [-0.1, -0.05) is 0 Å². The van der Waals surface area contributed by atoms with Crippen molar-refractivity contribution in [1.82, 2.24) is 10.6 Å². The van der Waals surface area contributed by atoms with Gasteiger partial charge in [0, 0.05) is 41.3 Å². The zero-order valence-corrected chi connectivity index (χ0v) is 11.9. The van der Waals surface area contributed by atoms with Gasteiger partial charge >= 0.3 is 12.0 Å². The zero-order valence-electron chi connectivity index (χ0n) is 11.1. The van der Waals surface area contributed by atoms with Crippen LogP contribution < -0.4 is 10.6 Å². The number of aliphatic carboxylic acids is 1. The molecule has 0 aromatic rings. The van der Waals surface area contributed by atoms with Crippen molar-refractivity contribution in [2.24, 2.45) is 0 Å². The lowest BCUT2D eigenvalue weighted by molar-refractivity contribution is -0.137. The molecule has 0 fully saturated rings. The number of urea groups is 1. The van der Waals surface area contributed by atoms with E-state index < -0.39 is 22.3 Å². The molecule has 0 aromatic carbocycles. The normalized spacial score (nSPS) is 12.8. The maximum atomic E-state index is 11.5. The Morgan fingerprint density at radius 1 is 1.33 bits per heavy atom. The van der Waals surface area contributed by atoms with Crippen molar-refractivity contribution in [2.75, 3.05) is 18.6 Å². The summed E-state index contributed by atoms with van der Waals surface area (Å²) in [4.78, 5) is 22.0. The highest BCUT2D eigenvalue weighted by atomic mass is 32.2. The van der Waals surface area contributed by atoms with Gasteiger partial charge in [0.25, 0.3) is 0 Å². The third-order valence-electron chi connectivity index (χ3n) is 2.31. The van der Waals surface area contributed by atoms with E-state index in [1.807, 2.05) is 0 Å². The summed E-state index contributed by atoms with van der Waals surface area (Å²) in [6.07, 6.45) is 2.66. The van der Waals surface area contributed by atoms with Crippen LogP contribution >= 0.6 is 0 Å². The Labute approximate surface area is 110 Å². The molecule has 1 unspecified atom stereocenters.